The molecule has 0 aliphatic rings. The van der Waals surface area contributed by atoms with Gasteiger partial charge in [-0.15, -0.1) is 0 Å². The lowest BCUT2D eigenvalue weighted by molar-refractivity contribution is 0.625. The SMILES string of the molecule is CCNC(=NCc1cccc(F)c1)NCCc1ccc(C)nc1. The molecule has 23 heavy (non-hydrogen) atoms. The highest BCUT2D eigenvalue weighted by atomic mass is 19.1. The number of nitrogens with one attached hydrogen (secondary N) is 2. The van der Waals surface area contributed by atoms with E-state index in [1.807, 2.05) is 32.2 Å². The second-order valence-corrected chi connectivity index (χ2v) is 5.31. The van der Waals surface area contributed by atoms with E-state index in [9.17, 15) is 4.39 Å². The van der Waals surface area contributed by atoms with E-state index in [4.69, 9.17) is 0 Å². The Bertz CT molecular complexity index is 638. The van der Waals surface area contributed by atoms with Gasteiger partial charge in [-0.3, -0.25) is 4.98 Å². The fraction of sp³-hybridized carbons (Fsp3) is 0.333. The molecule has 0 saturated carbocycles. The third-order valence-electron chi connectivity index (χ3n) is 3.33. The number of halogens is 1. The molecule has 0 aliphatic heterocycles. The topological polar surface area (TPSA) is 49.3 Å². The maximum absolute atomic E-state index is 13.2. The third-order valence-corrected chi connectivity index (χ3v) is 3.33. The van der Waals surface area contributed by atoms with Crippen molar-refractivity contribution < 1.29 is 4.39 Å². The number of guanidine groups is 1. The summed E-state index contributed by atoms with van der Waals surface area (Å²) in [4.78, 5) is 8.77. The molecular weight excluding hydrogens is 291 g/mol. The Labute approximate surface area is 136 Å². The third kappa shape index (κ3) is 6.06. The van der Waals surface area contributed by atoms with Crippen LogP contribution in [0.3, 0.4) is 0 Å². The van der Waals surface area contributed by atoms with Crippen LogP contribution >= 0.6 is 0 Å². The van der Waals surface area contributed by atoms with E-state index in [-0.39, 0.29) is 5.82 Å². The lowest BCUT2D eigenvalue weighted by Crippen LogP contribution is -2.38. The Morgan fingerprint density at radius 1 is 1.17 bits per heavy atom. The Morgan fingerprint density at radius 3 is 2.74 bits per heavy atom. The zero-order valence-corrected chi connectivity index (χ0v) is 13.6. The molecule has 2 aromatic rings. The summed E-state index contributed by atoms with van der Waals surface area (Å²) in [6.45, 7) is 5.98. The van der Waals surface area contributed by atoms with Gasteiger partial charge in [0.2, 0.25) is 0 Å². The highest BCUT2D eigenvalue weighted by Crippen LogP contribution is 2.04. The van der Waals surface area contributed by atoms with E-state index in [0.29, 0.717) is 6.54 Å². The fourth-order valence-corrected chi connectivity index (χ4v) is 2.12. The molecule has 2 N–H and O–H groups in total. The highest BCUT2D eigenvalue weighted by molar-refractivity contribution is 5.79. The first-order chi connectivity index (χ1) is 11.2. The van der Waals surface area contributed by atoms with Crippen molar-refractivity contribution in [3.63, 3.8) is 0 Å². The van der Waals surface area contributed by atoms with Crippen LogP contribution < -0.4 is 10.6 Å². The maximum atomic E-state index is 13.2. The van der Waals surface area contributed by atoms with Crippen LogP contribution in [0.2, 0.25) is 0 Å². The minimum atomic E-state index is -0.234. The molecule has 1 aromatic heterocycles. The molecular formula is C18H23FN4. The van der Waals surface area contributed by atoms with Crippen molar-refractivity contribution >= 4 is 5.96 Å². The average Bonchev–Trinajstić information content (AvgIpc) is 2.54. The van der Waals surface area contributed by atoms with Crippen molar-refractivity contribution in [3.05, 3.63) is 65.2 Å². The Balaban J connectivity index is 1.87. The zero-order valence-electron chi connectivity index (χ0n) is 13.6. The van der Waals surface area contributed by atoms with Crippen LogP contribution in [0.15, 0.2) is 47.6 Å². The number of aliphatic imine (C=N–C) groups is 1. The summed E-state index contributed by atoms with van der Waals surface area (Å²) in [7, 11) is 0. The standard InChI is InChI=1S/C18H23FN4/c1-3-20-18(23-13-16-5-4-6-17(19)11-16)21-10-9-15-8-7-14(2)22-12-15/h4-8,11-12H,3,9-10,13H2,1-2H3,(H2,20,21,23). The molecule has 0 aliphatic carbocycles. The van der Waals surface area contributed by atoms with Crippen LogP contribution in [0.1, 0.15) is 23.7 Å². The predicted octanol–water partition coefficient (Wildman–Crippen LogP) is 2.83. The van der Waals surface area contributed by atoms with Crippen molar-refractivity contribution in [2.24, 2.45) is 4.99 Å². The molecule has 0 atom stereocenters. The number of hydrogen-bond donors (Lipinski definition) is 2. The van der Waals surface area contributed by atoms with Gasteiger partial charge in [-0.05, 0) is 49.6 Å². The lowest BCUT2D eigenvalue weighted by atomic mass is 10.2. The van der Waals surface area contributed by atoms with E-state index < -0.39 is 0 Å². The number of aryl methyl sites for hydroxylation is 1. The average molecular weight is 314 g/mol. The molecule has 2 rings (SSSR count). The van der Waals surface area contributed by atoms with Crippen molar-refractivity contribution in [1.82, 2.24) is 15.6 Å². The van der Waals surface area contributed by atoms with Gasteiger partial charge in [0.05, 0.1) is 6.54 Å². The second kappa shape index (κ2) is 8.88. The quantitative estimate of drug-likeness (QED) is 0.637. The van der Waals surface area contributed by atoms with Gasteiger partial charge in [-0.2, -0.15) is 0 Å². The molecule has 1 heterocycles. The van der Waals surface area contributed by atoms with Crippen molar-refractivity contribution in [1.29, 1.82) is 0 Å². The van der Waals surface area contributed by atoms with E-state index >= 15 is 0 Å². The first kappa shape index (κ1) is 16.9. The van der Waals surface area contributed by atoms with Crippen LogP contribution in [0, 0.1) is 12.7 Å². The minimum absolute atomic E-state index is 0.234. The van der Waals surface area contributed by atoms with Crippen molar-refractivity contribution in [2.45, 2.75) is 26.8 Å². The number of pyridine rings is 1. The molecule has 0 amide bonds. The number of nitrogens with zero attached hydrogens (tertiary/aromatic N) is 2. The molecule has 0 unspecified atom stereocenters. The lowest BCUT2D eigenvalue weighted by Gasteiger charge is -2.11. The maximum Gasteiger partial charge on any atom is 0.191 e. The Morgan fingerprint density at radius 2 is 2.04 bits per heavy atom. The molecule has 0 saturated heterocycles. The molecule has 0 radical (unpaired) electrons. The highest BCUT2D eigenvalue weighted by Gasteiger charge is 1.99. The molecule has 0 spiro atoms. The van der Waals surface area contributed by atoms with Crippen LogP contribution in [-0.4, -0.2) is 24.0 Å². The summed E-state index contributed by atoms with van der Waals surface area (Å²) in [5.74, 6) is 0.499. The monoisotopic (exact) mass is 314 g/mol. The molecule has 1 aromatic carbocycles. The number of hydrogen-bond acceptors (Lipinski definition) is 2. The van der Waals surface area contributed by atoms with Crippen LogP contribution in [-0.2, 0) is 13.0 Å². The Hall–Kier alpha value is -2.43. The summed E-state index contributed by atoms with van der Waals surface area (Å²) < 4.78 is 13.2. The summed E-state index contributed by atoms with van der Waals surface area (Å²) in [5.41, 5.74) is 3.06. The molecule has 4 nitrogen and oxygen atoms in total. The molecule has 5 heteroatoms. The second-order valence-electron chi connectivity index (χ2n) is 5.31. The van der Waals surface area contributed by atoms with E-state index in [1.165, 1.54) is 17.7 Å². The fourth-order valence-electron chi connectivity index (χ4n) is 2.12. The van der Waals surface area contributed by atoms with E-state index in [2.05, 4.69) is 26.7 Å². The van der Waals surface area contributed by atoms with E-state index in [1.54, 1.807) is 6.07 Å². The summed E-state index contributed by atoms with van der Waals surface area (Å²) >= 11 is 0. The van der Waals surface area contributed by atoms with Gasteiger partial charge in [-0.1, -0.05) is 18.2 Å². The van der Waals surface area contributed by atoms with Gasteiger partial charge in [0, 0.05) is 25.0 Å². The van der Waals surface area contributed by atoms with Gasteiger partial charge < -0.3 is 10.6 Å². The predicted molar refractivity (Wildman–Crippen MR) is 91.9 cm³/mol. The summed E-state index contributed by atoms with van der Waals surface area (Å²) in [6, 6.07) is 10.6. The molecule has 0 bridgehead atoms. The van der Waals surface area contributed by atoms with Gasteiger partial charge in [0.15, 0.2) is 5.96 Å². The molecule has 122 valence electrons. The smallest absolute Gasteiger partial charge is 0.191 e. The first-order valence-corrected chi connectivity index (χ1v) is 7.85. The summed E-state index contributed by atoms with van der Waals surface area (Å²) in [6.07, 6.45) is 2.77. The van der Waals surface area contributed by atoms with Gasteiger partial charge in [0.25, 0.3) is 0 Å². The number of benzene rings is 1. The first-order valence-electron chi connectivity index (χ1n) is 7.85. The number of aromatic nitrogens is 1. The van der Waals surface area contributed by atoms with Gasteiger partial charge in [0.1, 0.15) is 5.82 Å². The van der Waals surface area contributed by atoms with Crippen LogP contribution in [0.4, 0.5) is 4.39 Å². The van der Waals surface area contributed by atoms with Crippen LogP contribution in [0.25, 0.3) is 0 Å². The normalized spacial score (nSPS) is 11.3. The van der Waals surface area contributed by atoms with Crippen molar-refractivity contribution in [3.8, 4) is 0 Å². The minimum Gasteiger partial charge on any atom is -0.357 e. The van der Waals surface area contributed by atoms with Gasteiger partial charge in [-0.25, -0.2) is 9.38 Å². The Kier molecular flexibility index (Phi) is 6.54. The van der Waals surface area contributed by atoms with Crippen LogP contribution in [0.5, 0.6) is 0 Å². The largest absolute Gasteiger partial charge is 0.357 e. The zero-order chi connectivity index (χ0) is 16.5. The van der Waals surface area contributed by atoms with E-state index in [0.717, 1.165) is 36.7 Å². The molecule has 0 fully saturated rings. The summed E-state index contributed by atoms with van der Waals surface area (Å²) in [5, 5.41) is 6.48. The van der Waals surface area contributed by atoms with Crippen molar-refractivity contribution in [2.75, 3.05) is 13.1 Å². The van der Waals surface area contributed by atoms with Gasteiger partial charge >= 0.3 is 0 Å². The number of rotatable bonds is 6.